The first kappa shape index (κ1) is 14.3. The van der Waals surface area contributed by atoms with Crippen LogP contribution < -0.4 is 0 Å². The fourth-order valence-corrected chi connectivity index (χ4v) is 3.80. The molecule has 2 aromatic carbocycles. The minimum Gasteiger partial charge on any atom is -0.0531 e. The molecule has 0 saturated carbocycles. The van der Waals surface area contributed by atoms with Crippen LogP contribution in [-0.2, 0) is 0 Å². The smallest absolute Gasteiger partial charge is 0.0407 e. The maximum absolute atomic E-state index is 3.61. The van der Waals surface area contributed by atoms with Gasteiger partial charge in [0.1, 0.15) is 0 Å². The van der Waals surface area contributed by atoms with Crippen LogP contribution in [0.1, 0.15) is 0 Å². The van der Waals surface area contributed by atoms with E-state index < -0.39 is 0 Å². The Balaban J connectivity index is 2.68. The van der Waals surface area contributed by atoms with E-state index in [0.717, 1.165) is 33.5 Å². The topological polar surface area (TPSA) is 0 Å². The van der Waals surface area contributed by atoms with Gasteiger partial charge in [-0.2, -0.15) is 0 Å². The molecule has 0 spiro atoms. The number of rotatable bonds is 1. The fourth-order valence-electron chi connectivity index (χ4n) is 1.44. The van der Waals surface area contributed by atoms with E-state index in [1.54, 1.807) is 0 Å². The minimum atomic E-state index is 1.04. The van der Waals surface area contributed by atoms with E-state index in [1.165, 1.54) is 0 Å². The zero-order chi connectivity index (χ0) is 12.6. The largest absolute Gasteiger partial charge is 0.0531 e. The molecule has 88 valence electrons. The van der Waals surface area contributed by atoms with Crippen molar-refractivity contribution >= 4 is 79.6 Å². The molecule has 0 aliphatic rings. The lowest BCUT2D eigenvalue weighted by Gasteiger charge is -2.10. The summed E-state index contributed by atoms with van der Waals surface area (Å²) < 4.78 is 5.22. The Bertz CT molecular complexity index is 577. The molecule has 0 amide bonds. The molecule has 0 bridgehead atoms. The predicted molar refractivity (Wildman–Crippen MR) is 90.4 cm³/mol. The van der Waals surface area contributed by atoms with Crippen LogP contribution in [-0.4, -0.2) is 0 Å². The monoisotopic (exact) mass is 544 g/mol. The first-order valence-corrected chi connectivity index (χ1v) is 8.56. The summed E-state index contributed by atoms with van der Waals surface area (Å²) in [5.74, 6) is 0. The Kier molecular flexibility index (Phi) is 4.92. The molecule has 0 aromatic heterocycles. The lowest BCUT2D eigenvalue weighted by atomic mass is 10.1. The predicted octanol–water partition coefficient (Wildman–Crippen LogP) is 7.17. The Morgan fingerprint density at radius 2 is 1.18 bits per heavy atom. The summed E-state index contributed by atoms with van der Waals surface area (Å²) >= 11 is 17.7. The third-order valence-corrected chi connectivity index (χ3v) is 6.81. The molecule has 0 N–H and O–H groups in total. The third kappa shape index (κ3) is 3.06. The van der Waals surface area contributed by atoms with E-state index in [9.17, 15) is 0 Å². The summed E-state index contributed by atoms with van der Waals surface area (Å²) in [6.45, 7) is 0. The summed E-state index contributed by atoms with van der Waals surface area (Å²) in [5, 5.41) is 0. The fraction of sp³-hybridized carbons (Fsp3) is 0. The SMILES string of the molecule is Brc1ccc(-c2c(Br)ccc(Br)c2Br)cc1Br. The van der Waals surface area contributed by atoms with Gasteiger partial charge in [0.15, 0.2) is 0 Å². The second kappa shape index (κ2) is 5.87. The van der Waals surface area contributed by atoms with Crippen LogP contribution in [0.2, 0.25) is 0 Å². The van der Waals surface area contributed by atoms with Gasteiger partial charge in [-0.15, -0.1) is 0 Å². The molecule has 0 aliphatic carbocycles. The van der Waals surface area contributed by atoms with E-state index in [0.29, 0.717) is 0 Å². The van der Waals surface area contributed by atoms with E-state index in [-0.39, 0.29) is 0 Å². The summed E-state index contributed by atoms with van der Waals surface area (Å²) in [7, 11) is 0. The molecule has 0 saturated heterocycles. The van der Waals surface area contributed by atoms with Crippen LogP contribution in [0, 0.1) is 0 Å². The van der Waals surface area contributed by atoms with Gasteiger partial charge < -0.3 is 0 Å². The second-order valence-corrected chi connectivity index (χ2v) is 7.56. The molecule has 0 heterocycles. The zero-order valence-electron chi connectivity index (χ0n) is 8.28. The van der Waals surface area contributed by atoms with Gasteiger partial charge in [0.2, 0.25) is 0 Å². The Labute approximate surface area is 142 Å². The lowest BCUT2D eigenvalue weighted by molar-refractivity contribution is 1.49. The summed E-state index contributed by atoms with van der Waals surface area (Å²) in [6, 6.07) is 10.2. The number of hydrogen-bond donors (Lipinski definition) is 0. The molecule has 2 rings (SSSR count). The number of benzene rings is 2. The van der Waals surface area contributed by atoms with Crippen molar-refractivity contribution < 1.29 is 0 Å². The van der Waals surface area contributed by atoms with Crippen molar-refractivity contribution in [1.29, 1.82) is 0 Å². The second-order valence-electron chi connectivity index (χ2n) is 3.35. The highest BCUT2D eigenvalue weighted by atomic mass is 79.9. The van der Waals surface area contributed by atoms with Gasteiger partial charge in [0.25, 0.3) is 0 Å². The van der Waals surface area contributed by atoms with Gasteiger partial charge >= 0.3 is 0 Å². The normalized spacial score (nSPS) is 10.6. The standard InChI is InChI=1S/C12H5Br5/c13-7-2-1-6(5-10(7)16)11-8(14)3-4-9(15)12(11)17/h1-5H. The van der Waals surface area contributed by atoms with Crippen LogP contribution in [0.25, 0.3) is 11.1 Å². The van der Waals surface area contributed by atoms with E-state index in [4.69, 9.17) is 0 Å². The first-order chi connectivity index (χ1) is 8.00. The molecule has 0 nitrogen and oxygen atoms in total. The van der Waals surface area contributed by atoms with Crippen molar-refractivity contribution in [2.45, 2.75) is 0 Å². The van der Waals surface area contributed by atoms with Crippen LogP contribution in [0.4, 0.5) is 0 Å². The summed E-state index contributed by atoms with van der Waals surface area (Å²) in [4.78, 5) is 0. The molecule has 2 aromatic rings. The number of halogens is 5. The number of hydrogen-bond acceptors (Lipinski definition) is 0. The Morgan fingerprint density at radius 3 is 1.82 bits per heavy atom. The maximum Gasteiger partial charge on any atom is 0.0407 e. The summed E-state index contributed by atoms with van der Waals surface area (Å²) in [5.41, 5.74) is 2.27. The highest BCUT2D eigenvalue weighted by Crippen LogP contribution is 2.41. The van der Waals surface area contributed by atoms with Crippen LogP contribution in [0.3, 0.4) is 0 Å². The van der Waals surface area contributed by atoms with Crippen molar-refractivity contribution in [2.24, 2.45) is 0 Å². The first-order valence-electron chi connectivity index (χ1n) is 4.59. The van der Waals surface area contributed by atoms with Crippen molar-refractivity contribution in [3.63, 3.8) is 0 Å². The molecule has 0 unspecified atom stereocenters. The van der Waals surface area contributed by atoms with Gasteiger partial charge in [-0.05, 0) is 93.5 Å². The quantitative estimate of drug-likeness (QED) is 0.332. The van der Waals surface area contributed by atoms with Gasteiger partial charge in [0.05, 0.1) is 0 Å². The van der Waals surface area contributed by atoms with Crippen molar-refractivity contribution in [3.05, 3.63) is 52.7 Å². The van der Waals surface area contributed by atoms with Crippen LogP contribution in [0.5, 0.6) is 0 Å². The average Bonchev–Trinajstić information content (AvgIpc) is 2.29. The molecule has 0 aliphatic heterocycles. The molecule has 0 fully saturated rings. The highest BCUT2D eigenvalue weighted by molar-refractivity contribution is 9.13. The van der Waals surface area contributed by atoms with Gasteiger partial charge in [-0.3, -0.25) is 0 Å². The van der Waals surface area contributed by atoms with Crippen molar-refractivity contribution in [3.8, 4) is 11.1 Å². The third-order valence-electron chi connectivity index (χ3n) is 2.25. The highest BCUT2D eigenvalue weighted by Gasteiger charge is 2.11. The minimum absolute atomic E-state index is 1.04. The molecule has 0 radical (unpaired) electrons. The molecular weight excluding hydrogens is 544 g/mol. The lowest BCUT2D eigenvalue weighted by Crippen LogP contribution is -1.84. The maximum atomic E-state index is 3.61. The molecule has 17 heavy (non-hydrogen) atoms. The summed E-state index contributed by atoms with van der Waals surface area (Å²) in [6.07, 6.45) is 0. The zero-order valence-corrected chi connectivity index (χ0v) is 16.2. The molecule has 0 atom stereocenters. The van der Waals surface area contributed by atoms with Crippen molar-refractivity contribution in [2.75, 3.05) is 0 Å². The van der Waals surface area contributed by atoms with Crippen LogP contribution >= 0.6 is 79.6 Å². The molecular formula is C12H5Br5. The van der Waals surface area contributed by atoms with Crippen molar-refractivity contribution in [1.82, 2.24) is 0 Å². The van der Waals surface area contributed by atoms with Gasteiger partial charge in [0, 0.05) is 27.9 Å². The van der Waals surface area contributed by atoms with Gasteiger partial charge in [-0.1, -0.05) is 22.0 Å². The average molecular weight is 549 g/mol. The van der Waals surface area contributed by atoms with Crippen LogP contribution in [0.15, 0.2) is 52.7 Å². The Hall–Kier alpha value is 0.840. The molecule has 5 heteroatoms. The van der Waals surface area contributed by atoms with E-state index in [1.807, 2.05) is 18.2 Å². The van der Waals surface area contributed by atoms with E-state index >= 15 is 0 Å². The van der Waals surface area contributed by atoms with Gasteiger partial charge in [-0.25, -0.2) is 0 Å². The Morgan fingerprint density at radius 1 is 0.588 bits per heavy atom. The van der Waals surface area contributed by atoms with E-state index in [2.05, 4.69) is 91.8 Å².